The summed E-state index contributed by atoms with van der Waals surface area (Å²) in [7, 11) is 0. The Hall–Kier alpha value is -2.03. The maximum absolute atomic E-state index is 12.5. The number of hydrogen-bond acceptors (Lipinski definition) is 1. The van der Waals surface area contributed by atoms with Crippen LogP contribution in [0.5, 0.6) is 0 Å². The van der Waals surface area contributed by atoms with Crippen molar-refractivity contribution in [2.45, 2.75) is 56.5 Å². The van der Waals surface area contributed by atoms with Crippen molar-refractivity contribution in [3.05, 3.63) is 48.0 Å². The summed E-state index contributed by atoms with van der Waals surface area (Å²) in [6.45, 7) is 0. The Morgan fingerprint density at radius 3 is 2.48 bits per heavy atom. The summed E-state index contributed by atoms with van der Waals surface area (Å²) < 4.78 is 0. The van der Waals surface area contributed by atoms with Gasteiger partial charge in [0.15, 0.2) is 0 Å². The van der Waals surface area contributed by atoms with Crippen LogP contribution in [-0.2, 0) is 5.54 Å². The number of rotatable bonds is 3. The summed E-state index contributed by atoms with van der Waals surface area (Å²) >= 11 is 0. The number of nitrogens with one attached hydrogen (secondary N) is 2. The lowest BCUT2D eigenvalue weighted by Crippen LogP contribution is -2.47. The molecule has 3 heteroatoms. The summed E-state index contributed by atoms with van der Waals surface area (Å²) in [5.41, 5.74) is 1.09. The second-order valence-corrected chi connectivity index (χ2v) is 7.04. The molecular formula is C20H24N2O. The molecule has 2 amide bonds. The van der Waals surface area contributed by atoms with Crippen molar-refractivity contribution in [2.75, 3.05) is 0 Å². The van der Waals surface area contributed by atoms with Crippen LogP contribution in [0, 0.1) is 0 Å². The first-order valence-electron chi connectivity index (χ1n) is 8.84. The summed E-state index contributed by atoms with van der Waals surface area (Å²) in [5.74, 6) is 0. The number of hydrogen-bond donors (Lipinski definition) is 2. The minimum Gasteiger partial charge on any atom is -0.335 e. The predicted octanol–water partition coefficient (Wildman–Crippen LogP) is 4.46. The van der Waals surface area contributed by atoms with E-state index in [0.29, 0.717) is 6.04 Å². The molecule has 0 atom stereocenters. The molecule has 23 heavy (non-hydrogen) atoms. The van der Waals surface area contributed by atoms with Gasteiger partial charge >= 0.3 is 6.03 Å². The third-order valence-corrected chi connectivity index (χ3v) is 5.35. The van der Waals surface area contributed by atoms with Crippen LogP contribution in [0.4, 0.5) is 4.79 Å². The molecule has 2 aromatic rings. The number of carbonyl (C=O) groups is 1. The summed E-state index contributed by atoms with van der Waals surface area (Å²) in [6, 6.07) is 15.2. The van der Waals surface area contributed by atoms with Gasteiger partial charge in [0.25, 0.3) is 0 Å². The van der Waals surface area contributed by atoms with Crippen molar-refractivity contribution in [3.63, 3.8) is 0 Å². The van der Waals surface area contributed by atoms with Crippen LogP contribution in [-0.4, -0.2) is 12.1 Å². The van der Waals surface area contributed by atoms with Gasteiger partial charge in [-0.05, 0) is 42.0 Å². The normalized spacial score (nSPS) is 20.2. The molecule has 2 N–H and O–H groups in total. The van der Waals surface area contributed by atoms with Gasteiger partial charge in [-0.1, -0.05) is 61.7 Å². The van der Waals surface area contributed by atoms with Crippen LogP contribution in [0.15, 0.2) is 42.5 Å². The molecule has 0 spiro atoms. The lowest BCUT2D eigenvalue weighted by atomic mass is 9.95. The van der Waals surface area contributed by atoms with Crippen LogP contribution in [0.2, 0.25) is 0 Å². The summed E-state index contributed by atoms with van der Waals surface area (Å²) in [5, 5.41) is 8.95. The number of fused-ring (bicyclic) bond motifs is 1. The van der Waals surface area contributed by atoms with E-state index in [1.165, 1.54) is 35.6 Å². The van der Waals surface area contributed by atoms with Gasteiger partial charge in [0.2, 0.25) is 0 Å². The summed E-state index contributed by atoms with van der Waals surface area (Å²) in [6.07, 6.45) is 8.07. The molecule has 0 unspecified atom stereocenters. The molecule has 0 saturated heterocycles. The fraction of sp³-hybridized carbons (Fsp3) is 0.450. The maximum atomic E-state index is 12.5. The Balaban J connectivity index is 1.52. The molecule has 0 bridgehead atoms. The van der Waals surface area contributed by atoms with E-state index in [0.717, 1.165) is 25.7 Å². The molecule has 0 radical (unpaired) electrons. The van der Waals surface area contributed by atoms with Crippen LogP contribution >= 0.6 is 0 Å². The van der Waals surface area contributed by atoms with Gasteiger partial charge in [-0.2, -0.15) is 0 Å². The first kappa shape index (κ1) is 14.6. The summed E-state index contributed by atoms with van der Waals surface area (Å²) in [4.78, 5) is 12.5. The van der Waals surface area contributed by atoms with Crippen molar-refractivity contribution in [1.82, 2.24) is 10.6 Å². The van der Waals surface area contributed by atoms with E-state index in [2.05, 4.69) is 53.1 Å². The van der Waals surface area contributed by atoms with Gasteiger partial charge in [0.05, 0.1) is 5.54 Å². The molecule has 2 aliphatic rings. The van der Waals surface area contributed by atoms with Crippen LogP contribution in [0.3, 0.4) is 0 Å². The molecule has 0 aliphatic heterocycles. The number of urea groups is 1. The lowest BCUT2D eigenvalue weighted by molar-refractivity contribution is 0.227. The van der Waals surface area contributed by atoms with Crippen LogP contribution in [0.1, 0.15) is 50.5 Å². The average Bonchev–Trinajstić information content (AvgIpc) is 3.35. The number of carbonyl (C=O) groups excluding carboxylic acids is 1. The SMILES string of the molecule is O=C(NC1CCCCC1)NC1(c2cccc3ccccc23)CC1. The zero-order valence-corrected chi connectivity index (χ0v) is 13.5. The zero-order chi connectivity index (χ0) is 15.7. The van der Waals surface area contributed by atoms with Crippen LogP contribution in [0.25, 0.3) is 10.8 Å². The molecule has 2 saturated carbocycles. The average molecular weight is 308 g/mol. The van der Waals surface area contributed by atoms with Gasteiger partial charge in [-0.3, -0.25) is 0 Å². The fourth-order valence-electron chi connectivity index (χ4n) is 3.92. The monoisotopic (exact) mass is 308 g/mol. The topological polar surface area (TPSA) is 41.1 Å². The largest absolute Gasteiger partial charge is 0.335 e. The highest BCUT2D eigenvalue weighted by atomic mass is 16.2. The lowest BCUT2D eigenvalue weighted by Gasteiger charge is -2.26. The molecule has 120 valence electrons. The molecule has 0 aromatic heterocycles. The van der Waals surface area contributed by atoms with Gasteiger partial charge in [-0.25, -0.2) is 4.79 Å². The molecule has 3 nitrogen and oxygen atoms in total. The first-order chi connectivity index (χ1) is 11.3. The maximum Gasteiger partial charge on any atom is 0.315 e. The van der Waals surface area contributed by atoms with Crippen molar-refractivity contribution in [1.29, 1.82) is 0 Å². The predicted molar refractivity (Wildman–Crippen MR) is 93.4 cm³/mol. The van der Waals surface area contributed by atoms with E-state index >= 15 is 0 Å². The molecule has 0 heterocycles. The molecule has 2 aliphatic carbocycles. The standard InChI is InChI=1S/C20H24N2O/c23-19(21-16-9-2-1-3-10-16)22-20(13-14-20)18-12-6-8-15-7-4-5-11-17(15)18/h4-8,11-12,16H,1-3,9-10,13-14H2,(H2,21,22,23). The Morgan fingerprint density at radius 1 is 0.957 bits per heavy atom. The van der Waals surface area contributed by atoms with Gasteiger partial charge < -0.3 is 10.6 Å². The second kappa shape index (κ2) is 5.88. The zero-order valence-electron chi connectivity index (χ0n) is 13.5. The minimum absolute atomic E-state index is 0.00216. The van der Waals surface area contributed by atoms with Crippen molar-refractivity contribution >= 4 is 16.8 Å². The molecular weight excluding hydrogens is 284 g/mol. The smallest absolute Gasteiger partial charge is 0.315 e. The Kier molecular flexibility index (Phi) is 3.72. The van der Waals surface area contributed by atoms with E-state index < -0.39 is 0 Å². The highest BCUT2D eigenvalue weighted by Crippen LogP contribution is 2.47. The number of benzene rings is 2. The quantitative estimate of drug-likeness (QED) is 0.863. The second-order valence-electron chi connectivity index (χ2n) is 7.04. The minimum atomic E-state index is -0.167. The Bertz CT molecular complexity index is 709. The van der Waals surface area contributed by atoms with Crippen molar-refractivity contribution in [2.24, 2.45) is 0 Å². The van der Waals surface area contributed by atoms with Crippen molar-refractivity contribution < 1.29 is 4.79 Å². The van der Waals surface area contributed by atoms with Crippen molar-refractivity contribution in [3.8, 4) is 0 Å². The molecule has 4 rings (SSSR count). The molecule has 2 aromatic carbocycles. The molecule has 2 fully saturated rings. The van der Waals surface area contributed by atoms with Gasteiger partial charge in [0.1, 0.15) is 0 Å². The third-order valence-electron chi connectivity index (χ3n) is 5.35. The van der Waals surface area contributed by atoms with Crippen LogP contribution < -0.4 is 10.6 Å². The third kappa shape index (κ3) is 2.92. The fourth-order valence-corrected chi connectivity index (χ4v) is 3.92. The van der Waals surface area contributed by atoms with E-state index in [1.807, 2.05) is 0 Å². The number of amides is 2. The Labute approximate surface area is 137 Å². The van der Waals surface area contributed by atoms with Gasteiger partial charge in [-0.15, -0.1) is 0 Å². The van der Waals surface area contributed by atoms with Gasteiger partial charge in [0, 0.05) is 6.04 Å². The van der Waals surface area contributed by atoms with E-state index in [1.54, 1.807) is 0 Å². The van der Waals surface area contributed by atoms with E-state index in [-0.39, 0.29) is 11.6 Å². The van der Waals surface area contributed by atoms with E-state index in [9.17, 15) is 4.79 Å². The first-order valence-corrected chi connectivity index (χ1v) is 8.84. The Morgan fingerprint density at radius 2 is 1.70 bits per heavy atom. The highest BCUT2D eigenvalue weighted by Gasteiger charge is 2.46. The van der Waals surface area contributed by atoms with E-state index in [4.69, 9.17) is 0 Å². The highest BCUT2D eigenvalue weighted by molar-refractivity contribution is 5.88.